The van der Waals surface area contributed by atoms with Crippen molar-refractivity contribution in [3.05, 3.63) is 11.6 Å². The molecule has 2 heteroatoms. The zero-order valence-electron chi connectivity index (χ0n) is 9.88. The lowest BCUT2D eigenvalue weighted by Crippen LogP contribution is -2.48. The Balaban J connectivity index is 1.88. The molecule has 3 aliphatic rings. The van der Waals surface area contributed by atoms with Gasteiger partial charge in [0.1, 0.15) is 0 Å². The van der Waals surface area contributed by atoms with Gasteiger partial charge in [0.05, 0.1) is 6.61 Å². The van der Waals surface area contributed by atoms with Crippen LogP contribution in [0.5, 0.6) is 0 Å². The second-order valence-electron chi connectivity index (χ2n) is 5.41. The van der Waals surface area contributed by atoms with Gasteiger partial charge in [0.2, 0.25) is 0 Å². The molecule has 0 amide bonds. The van der Waals surface area contributed by atoms with Crippen molar-refractivity contribution in [2.45, 2.75) is 40.0 Å². The van der Waals surface area contributed by atoms with Gasteiger partial charge in [-0.1, -0.05) is 25.5 Å². The molecule has 0 radical (unpaired) electrons. The summed E-state index contributed by atoms with van der Waals surface area (Å²) >= 11 is 0. The largest absolute Gasteiger partial charge is 0.466 e. The first kappa shape index (κ1) is 10.7. The molecule has 0 aromatic rings. The van der Waals surface area contributed by atoms with Gasteiger partial charge in [-0.05, 0) is 30.1 Å². The predicted molar refractivity (Wildman–Crippen MR) is 59.3 cm³/mol. The molecule has 3 aliphatic carbocycles. The molecule has 1 saturated carbocycles. The number of esters is 1. The molecule has 2 atom stereocenters. The zero-order chi connectivity index (χ0) is 11.1. The number of hydrogen-bond donors (Lipinski definition) is 0. The first-order valence-electron chi connectivity index (χ1n) is 5.84. The van der Waals surface area contributed by atoms with E-state index in [1.807, 2.05) is 0 Å². The van der Waals surface area contributed by atoms with Crippen LogP contribution in [0.1, 0.15) is 40.0 Å². The number of carbonyl (C=O) groups excluding carboxylic acids is 1. The number of carbonyl (C=O) groups is 1. The van der Waals surface area contributed by atoms with Gasteiger partial charge in [-0.2, -0.15) is 0 Å². The number of rotatable bonds is 3. The Morgan fingerprint density at radius 1 is 1.60 bits per heavy atom. The van der Waals surface area contributed by atoms with Crippen LogP contribution in [0.15, 0.2) is 11.6 Å². The summed E-state index contributed by atoms with van der Waals surface area (Å²) in [5.74, 6) is 1.46. The summed E-state index contributed by atoms with van der Waals surface area (Å²) in [7, 11) is 0. The number of fused-ring (bicyclic) bond motifs is 1. The topological polar surface area (TPSA) is 26.3 Å². The van der Waals surface area contributed by atoms with Crippen LogP contribution in [-0.2, 0) is 9.53 Å². The maximum Gasteiger partial charge on any atom is 0.302 e. The van der Waals surface area contributed by atoms with Crippen LogP contribution in [0, 0.1) is 17.3 Å². The van der Waals surface area contributed by atoms with Crippen molar-refractivity contribution in [2.75, 3.05) is 6.61 Å². The maximum atomic E-state index is 10.7. The molecular formula is C13H20O2. The van der Waals surface area contributed by atoms with E-state index in [1.54, 1.807) is 0 Å². The average Bonchev–Trinajstić information content (AvgIpc) is 2.17. The Morgan fingerprint density at radius 2 is 2.33 bits per heavy atom. The van der Waals surface area contributed by atoms with Gasteiger partial charge in [-0.15, -0.1) is 0 Å². The number of allylic oxidation sites excluding steroid dienone is 1. The van der Waals surface area contributed by atoms with Gasteiger partial charge in [-0.25, -0.2) is 0 Å². The van der Waals surface area contributed by atoms with E-state index >= 15 is 0 Å². The van der Waals surface area contributed by atoms with E-state index in [9.17, 15) is 4.79 Å². The molecule has 1 fully saturated rings. The van der Waals surface area contributed by atoms with Crippen LogP contribution in [0.3, 0.4) is 0 Å². The molecular weight excluding hydrogens is 188 g/mol. The van der Waals surface area contributed by atoms with Gasteiger partial charge < -0.3 is 4.74 Å². The van der Waals surface area contributed by atoms with Crippen molar-refractivity contribution in [1.82, 2.24) is 0 Å². The summed E-state index contributed by atoms with van der Waals surface area (Å²) in [6.07, 6.45) is 5.87. The fraction of sp³-hybridized carbons (Fsp3) is 0.769. The second-order valence-corrected chi connectivity index (χ2v) is 5.41. The molecule has 84 valence electrons. The third kappa shape index (κ3) is 1.82. The van der Waals surface area contributed by atoms with Crippen LogP contribution < -0.4 is 0 Å². The van der Waals surface area contributed by atoms with Gasteiger partial charge in [-0.3, -0.25) is 4.79 Å². The van der Waals surface area contributed by atoms with Gasteiger partial charge in [0.25, 0.3) is 0 Å². The van der Waals surface area contributed by atoms with Crippen molar-refractivity contribution < 1.29 is 9.53 Å². The third-order valence-corrected chi connectivity index (χ3v) is 4.28. The number of ether oxygens (including phenoxy) is 1. The molecule has 0 aliphatic heterocycles. The fourth-order valence-corrected chi connectivity index (χ4v) is 3.07. The Bertz CT molecular complexity index is 302. The average molecular weight is 208 g/mol. The second kappa shape index (κ2) is 3.66. The lowest BCUT2D eigenvalue weighted by molar-refractivity contribution is -0.141. The minimum absolute atomic E-state index is 0.169. The van der Waals surface area contributed by atoms with E-state index in [2.05, 4.69) is 19.9 Å². The van der Waals surface area contributed by atoms with Gasteiger partial charge in [0, 0.05) is 13.3 Å². The van der Waals surface area contributed by atoms with Crippen LogP contribution >= 0.6 is 0 Å². The molecule has 0 aromatic carbocycles. The highest BCUT2D eigenvalue weighted by Crippen LogP contribution is 2.59. The van der Waals surface area contributed by atoms with Crippen LogP contribution in [-0.4, -0.2) is 12.6 Å². The normalized spacial score (nSPS) is 31.5. The molecule has 0 saturated heterocycles. The van der Waals surface area contributed by atoms with Crippen molar-refractivity contribution in [2.24, 2.45) is 17.3 Å². The van der Waals surface area contributed by atoms with Gasteiger partial charge >= 0.3 is 5.97 Å². The van der Waals surface area contributed by atoms with E-state index < -0.39 is 0 Å². The molecule has 2 bridgehead atoms. The highest BCUT2D eigenvalue weighted by molar-refractivity contribution is 5.65. The third-order valence-electron chi connectivity index (χ3n) is 4.28. The molecule has 15 heavy (non-hydrogen) atoms. The van der Waals surface area contributed by atoms with Crippen molar-refractivity contribution in [1.29, 1.82) is 0 Å². The minimum atomic E-state index is -0.169. The van der Waals surface area contributed by atoms with E-state index in [0.29, 0.717) is 12.0 Å². The predicted octanol–water partition coefficient (Wildman–Crippen LogP) is 2.93. The first-order valence-corrected chi connectivity index (χ1v) is 5.84. The van der Waals surface area contributed by atoms with Crippen molar-refractivity contribution in [3.8, 4) is 0 Å². The minimum Gasteiger partial charge on any atom is -0.466 e. The lowest BCUT2D eigenvalue weighted by Gasteiger charge is -2.56. The van der Waals surface area contributed by atoms with Crippen molar-refractivity contribution >= 4 is 5.97 Å². The highest BCUT2D eigenvalue weighted by atomic mass is 16.5. The van der Waals surface area contributed by atoms with E-state index in [0.717, 1.165) is 18.3 Å². The summed E-state index contributed by atoms with van der Waals surface area (Å²) in [6.45, 7) is 6.76. The maximum absolute atomic E-state index is 10.7. The molecule has 0 unspecified atom stereocenters. The molecule has 3 rings (SSSR count). The standard InChI is InChI=1S/C13H20O2/c1-9(14)15-7-6-10-4-5-11-8-12(10)13(11,2)3/h4,11-12H,5-8H2,1-3H3/t11-,12-/m0/s1. The SMILES string of the molecule is CC(=O)OCCC1=CC[C@H]2C[C@@H]1C2(C)C. The Hall–Kier alpha value is -0.790. The number of hydrogen-bond acceptors (Lipinski definition) is 2. The quantitative estimate of drug-likeness (QED) is 0.526. The summed E-state index contributed by atoms with van der Waals surface area (Å²) in [5, 5.41) is 0. The van der Waals surface area contributed by atoms with Crippen molar-refractivity contribution in [3.63, 3.8) is 0 Å². The Kier molecular flexibility index (Phi) is 2.61. The molecule has 0 spiro atoms. The van der Waals surface area contributed by atoms with Crippen LogP contribution in [0.25, 0.3) is 0 Å². The Morgan fingerprint density at radius 3 is 2.87 bits per heavy atom. The summed E-state index contributed by atoms with van der Waals surface area (Å²) in [5.41, 5.74) is 2.00. The molecule has 0 aromatic heterocycles. The Labute approximate surface area is 91.7 Å². The molecule has 2 nitrogen and oxygen atoms in total. The van der Waals surface area contributed by atoms with Crippen LogP contribution in [0.4, 0.5) is 0 Å². The lowest BCUT2D eigenvalue weighted by atomic mass is 9.48. The summed E-state index contributed by atoms with van der Waals surface area (Å²) < 4.78 is 5.00. The van der Waals surface area contributed by atoms with E-state index in [4.69, 9.17) is 4.74 Å². The van der Waals surface area contributed by atoms with Gasteiger partial charge in [0.15, 0.2) is 0 Å². The highest BCUT2D eigenvalue weighted by Gasteiger charge is 2.50. The first-order chi connectivity index (χ1) is 7.01. The zero-order valence-corrected chi connectivity index (χ0v) is 9.88. The fourth-order valence-electron chi connectivity index (χ4n) is 3.07. The molecule has 0 N–H and O–H groups in total. The monoisotopic (exact) mass is 208 g/mol. The summed E-state index contributed by atoms with van der Waals surface area (Å²) in [6, 6.07) is 0. The molecule has 0 heterocycles. The van der Waals surface area contributed by atoms with E-state index in [-0.39, 0.29) is 5.97 Å². The smallest absolute Gasteiger partial charge is 0.302 e. The van der Waals surface area contributed by atoms with Crippen LogP contribution in [0.2, 0.25) is 0 Å². The summed E-state index contributed by atoms with van der Waals surface area (Å²) in [4.78, 5) is 10.7. The van der Waals surface area contributed by atoms with E-state index in [1.165, 1.54) is 25.3 Å².